The monoisotopic (exact) mass is 321 g/mol. The molecule has 0 bridgehead atoms. The van der Waals surface area contributed by atoms with E-state index in [2.05, 4.69) is 26.1 Å². The lowest BCUT2D eigenvalue weighted by atomic mass is 10.3. The number of unbranched alkanes of at least 4 members (excludes halogenated alkanes) is 1. The molecule has 6 nitrogen and oxygen atoms in total. The van der Waals surface area contributed by atoms with Gasteiger partial charge in [-0.2, -0.15) is 5.10 Å². The molecular formula is C15H20ClN5O. The van der Waals surface area contributed by atoms with Gasteiger partial charge in [-0.05, 0) is 31.0 Å². The van der Waals surface area contributed by atoms with Crippen LogP contribution in [0.3, 0.4) is 0 Å². The summed E-state index contributed by atoms with van der Waals surface area (Å²) in [6.45, 7) is 3.02. The SMILES string of the molecule is CC(=O)NCCCCNc1[nH]ncc1Nc1cccc(Cl)c1. The summed E-state index contributed by atoms with van der Waals surface area (Å²) in [7, 11) is 0. The van der Waals surface area contributed by atoms with Gasteiger partial charge in [0.05, 0.1) is 6.20 Å². The first-order chi connectivity index (χ1) is 10.6. The minimum atomic E-state index is 0.00883. The largest absolute Gasteiger partial charge is 0.369 e. The van der Waals surface area contributed by atoms with Crippen LogP contribution in [0, 0.1) is 0 Å². The molecule has 2 aromatic rings. The maximum absolute atomic E-state index is 10.7. The summed E-state index contributed by atoms with van der Waals surface area (Å²) in [6.07, 6.45) is 3.61. The van der Waals surface area contributed by atoms with Gasteiger partial charge < -0.3 is 16.0 Å². The van der Waals surface area contributed by atoms with Gasteiger partial charge in [-0.15, -0.1) is 0 Å². The average Bonchev–Trinajstić information content (AvgIpc) is 2.90. The van der Waals surface area contributed by atoms with Crippen LogP contribution < -0.4 is 16.0 Å². The Bertz CT molecular complexity index is 613. The lowest BCUT2D eigenvalue weighted by Crippen LogP contribution is -2.21. The third-order valence-electron chi connectivity index (χ3n) is 3.02. The van der Waals surface area contributed by atoms with Gasteiger partial charge in [0.1, 0.15) is 11.5 Å². The first kappa shape index (κ1) is 16.2. The maximum Gasteiger partial charge on any atom is 0.216 e. The first-order valence-electron chi connectivity index (χ1n) is 7.19. The molecule has 0 aliphatic heterocycles. The lowest BCUT2D eigenvalue weighted by Gasteiger charge is -2.09. The second kappa shape index (κ2) is 8.29. The van der Waals surface area contributed by atoms with Gasteiger partial charge in [-0.25, -0.2) is 0 Å². The van der Waals surface area contributed by atoms with Crippen LogP contribution in [0.5, 0.6) is 0 Å². The van der Waals surface area contributed by atoms with E-state index in [1.165, 1.54) is 6.92 Å². The van der Waals surface area contributed by atoms with Crippen molar-refractivity contribution in [2.45, 2.75) is 19.8 Å². The number of carbonyl (C=O) groups is 1. The summed E-state index contributed by atoms with van der Waals surface area (Å²) in [4.78, 5) is 10.7. The summed E-state index contributed by atoms with van der Waals surface area (Å²) in [5.41, 5.74) is 1.77. The molecular weight excluding hydrogens is 302 g/mol. The number of nitrogens with zero attached hydrogens (tertiary/aromatic N) is 1. The Kier molecular flexibility index (Phi) is 6.09. The number of aromatic amines is 1. The number of anilines is 3. The van der Waals surface area contributed by atoms with Crippen LogP contribution >= 0.6 is 11.6 Å². The Labute approximate surface area is 134 Å². The number of hydrogen-bond acceptors (Lipinski definition) is 4. The summed E-state index contributed by atoms with van der Waals surface area (Å²) >= 11 is 5.97. The van der Waals surface area contributed by atoms with Crippen LogP contribution in [0.15, 0.2) is 30.5 Å². The second-order valence-corrected chi connectivity index (χ2v) is 5.35. The zero-order chi connectivity index (χ0) is 15.8. The van der Waals surface area contributed by atoms with Gasteiger partial charge in [0.15, 0.2) is 0 Å². The van der Waals surface area contributed by atoms with Gasteiger partial charge in [0.2, 0.25) is 5.91 Å². The molecule has 22 heavy (non-hydrogen) atoms. The van der Waals surface area contributed by atoms with Crippen LogP contribution in [0.4, 0.5) is 17.2 Å². The van der Waals surface area contributed by atoms with Gasteiger partial charge in [-0.3, -0.25) is 9.89 Å². The quantitative estimate of drug-likeness (QED) is 0.563. The Hall–Kier alpha value is -2.21. The van der Waals surface area contributed by atoms with Crippen molar-refractivity contribution in [2.24, 2.45) is 0 Å². The fraction of sp³-hybridized carbons (Fsp3) is 0.333. The Morgan fingerprint density at radius 3 is 2.91 bits per heavy atom. The molecule has 0 radical (unpaired) electrons. The lowest BCUT2D eigenvalue weighted by molar-refractivity contribution is -0.118. The van der Waals surface area contributed by atoms with E-state index in [1.54, 1.807) is 6.20 Å². The van der Waals surface area contributed by atoms with E-state index in [0.29, 0.717) is 11.6 Å². The van der Waals surface area contributed by atoms with Gasteiger partial charge in [0, 0.05) is 30.7 Å². The van der Waals surface area contributed by atoms with E-state index < -0.39 is 0 Å². The number of nitrogens with one attached hydrogen (secondary N) is 4. The van der Waals surface area contributed by atoms with Crippen LogP contribution in [-0.2, 0) is 4.79 Å². The molecule has 0 aliphatic rings. The topological polar surface area (TPSA) is 81.8 Å². The van der Waals surface area contributed by atoms with E-state index in [1.807, 2.05) is 24.3 Å². The third kappa shape index (κ3) is 5.29. The summed E-state index contributed by atoms with van der Waals surface area (Å²) in [5.74, 6) is 0.842. The minimum Gasteiger partial charge on any atom is -0.369 e. The van der Waals surface area contributed by atoms with Crippen molar-refractivity contribution < 1.29 is 4.79 Å². The molecule has 1 heterocycles. The van der Waals surface area contributed by atoms with Crippen molar-refractivity contribution in [3.63, 3.8) is 0 Å². The van der Waals surface area contributed by atoms with Crippen molar-refractivity contribution in [1.29, 1.82) is 0 Å². The highest BCUT2D eigenvalue weighted by Crippen LogP contribution is 2.24. The van der Waals surface area contributed by atoms with Gasteiger partial charge in [0.25, 0.3) is 0 Å². The van der Waals surface area contributed by atoms with Crippen molar-refractivity contribution in [2.75, 3.05) is 23.7 Å². The first-order valence-corrected chi connectivity index (χ1v) is 7.57. The van der Waals surface area contributed by atoms with Crippen molar-refractivity contribution in [1.82, 2.24) is 15.5 Å². The second-order valence-electron chi connectivity index (χ2n) is 4.91. The number of rotatable bonds is 8. The molecule has 4 N–H and O–H groups in total. The number of halogens is 1. The number of carbonyl (C=O) groups excluding carboxylic acids is 1. The predicted octanol–water partition coefficient (Wildman–Crippen LogP) is 3.13. The highest BCUT2D eigenvalue weighted by molar-refractivity contribution is 6.30. The predicted molar refractivity (Wildman–Crippen MR) is 89.7 cm³/mol. The molecule has 0 fully saturated rings. The Morgan fingerprint density at radius 2 is 2.14 bits per heavy atom. The molecule has 0 saturated heterocycles. The molecule has 0 unspecified atom stereocenters. The number of hydrogen-bond donors (Lipinski definition) is 4. The maximum atomic E-state index is 10.7. The molecule has 0 aliphatic carbocycles. The summed E-state index contributed by atoms with van der Waals surface area (Å²) in [6, 6.07) is 7.51. The van der Waals surface area contributed by atoms with Crippen LogP contribution in [-0.4, -0.2) is 29.2 Å². The van der Waals surface area contributed by atoms with Crippen molar-refractivity contribution >= 4 is 34.7 Å². The van der Waals surface area contributed by atoms with E-state index in [-0.39, 0.29) is 5.91 Å². The summed E-state index contributed by atoms with van der Waals surface area (Å²) < 4.78 is 0. The molecule has 0 saturated carbocycles. The van der Waals surface area contributed by atoms with Crippen LogP contribution in [0.1, 0.15) is 19.8 Å². The number of benzene rings is 1. The molecule has 0 atom stereocenters. The number of amides is 1. The van der Waals surface area contributed by atoms with E-state index >= 15 is 0 Å². The molecule has 118 valence electrons. The average molecular weight is 322 g/mol. The fourth-order valence-electron chi connectivity index (χ4n) is 1.97. The smallest absolute Gasteiger partial charge is 0.216 e. The minimum absolute atomic E-state index is 0.00883. The van der Waals surface area contributed by atoms with E-state index in [9.17, 15) is 4.79 Å². The summed E-state index contributed by atoms with van der Waals surface area (Å²) in [5, 5.41) is 17.0. The molecule has 0 spiro atoms. The highest BCUT2D eigenvalue weighted by Gasteiger charge is 2.05. The van der Waals surface area contributed by atoms with Crippen LogP contribution in [0.2, 0.25) is 5.02 Å². The van der Waals surface area contributed by atoms with E-state index in [0.717, 1.165) is 36.6 Å². The van der Waals surface area contributed by atoms with E-state index in [4.69, 9.17) is 11.6 Å². The Morgan fingerprint density at radius 1 is 1.32 bits per heavy atom. The van der Waals surface area contributed by atoms with Gasteiger partial charge in [-0.1, -0.05) is 17.7 Å². The molecule has 1 aromatic carbocycles. The fourth-order valence-corrected chi connectivity index (χ4v) is 2.16. The van der Waals surface area contributed by atoms with Crippen molar-refractivity contribution in [3.8, 4) is 0 Å². The number of aromatic nitrogens is 2. The van der Waals surface area contributed by atoms with Crippen molar-refractivity contribution in [3.05, 3.63) is 35.5 Å². The zero-order valence-electron chi connectivity index (χ0n) is 12.4. The third-order valence-corrected chi connectivity index (χ3v) is 3.26. The molecule has 1 aromatic heterocycles. The number of H-pyrrole nitrogens is 1. The van der Waals surface area contributed by atoms with Crippen LogP contribution in [0.25, 0.3) is 0 Å². The molecule has 2 rings (SSSR count). The normalized spacial score (nSPS) is 10.3. The molecule has 7 heteroatoms. The van der Waals surface area contributed by atoms with Gasteiger partial charge >= 0.3 is 0 Å². The zero-order valence-corrected chi connectivity index (χ0v) is 13.2. The molecule has 1 amide bonds. The Balaban J connectivity index is 1.78. The highest BCUT2D eigenvalue weighted by atomic mass is 35.5. The standard InChI is InChI=1S/C15H20ClN5O/c1-11(22)17-7-2-3-8-18-15-14(10-19-21-15)20-13-6-4-5-12(16)9-13/h4-6,9-10,20H,2-3,7-8H2,1H3,(H,17,22)(H2,18,19,21).